The highest BCUT2D eigenvalue weighted by atomic mass is 35.6. The summed E-state index contributed by atoms with van der Waals surface area (Å²) < 4.78 is 26.2. The molecule has 0 spiro atoms. The zero-order valence-corrected chi connectivity index (χ0v) is 17.8. The van der Waals surface area contributed by atoms with Crippen LogP contribution in [0.5, 0.6) is 0 Å². The van der Waals surface area contributed by atoms with Gasteiger partial charge in [0.2, 0.25) is 0 Å². The molecular weight excluding hydrogens is 449 g/mol. The first-order valence-corrected chi connectivity index (χ1v) is 9.89. The van der Waals surface area contributed by atoms with Crippen molar-refractivity contribution in [3.8, 4) is 0 Å². The van der Waals surface area contributed by atoms with Crippen LogP contribution in [0, 0.1) is 0 Å². The first kappa shape index (κ1) is 22.6. The summed E-state index contributed by atoms with van der Waals surface area (Å²) in [5, 5.41) is 2.52. The van der Waals surface area contributed by atoms with Gasteiger partial charge >= 0.3 is 5.97 Å². The van der Waals surface area contributed by atoms with E-state index in [2.05, 4.69) is 5.32 Å². The molecule has 160 valence electrons. The second kappa shape index (κ2) is 9.34. The molecule has 1 amide bonds. The SMILES string of the molecule is CO[C@H]1O[C@@H]2CO[C@@H](c3ccccc3)O[C@H]2[C@@H](OC(C)=O)[C@H]1NC(=O)C(Cl)(Cl)Cl. The Labute approximate surface area is 182 Å². The highest BCUT2D eigenvalue weighted by Crippen LogP contribution is 2.36. The van der Waals surface area contributed by atoms with E-state index in [9.17, 15) is 9.59 Å². The van der Waals surface area contributed by atoms with Crippen LogP contribution >= 0.6 is 34.8 Å². The Balaban J connectivity index is 1.87. The summed E-state index contributed by atoms with van der Waals surface area (Å²) in [7, 11) is 1.38. The van der Waals surface area contributed by atoms with Gasteiger partial charge in [-0.2, -0.15) is 0 Å². The Hall–Kier alpha value is -1.13. The molecule has 2 fully saturated rings. The number of rotatable bonds is 4. The summed E-state index contributed by atoms with van der Waals surface area (Å²) in [5.74, 6) is -1.49. The summed E-state index contributed by atoms with van der Waals surface area (Å²) in [6, 6.07) is 8.26. The molecule has 29 heavy (non-hydrogen) atoms. The van der Waals surface area contributed by atoms with Crippen molar-refractivity contribution in [3.05, 3.63) is 35.9 Å². The minimum Gasteiger partial charge on any atom is -0.457 e. The number of methoxy groups -OCH3 is 1. The van der Waals surface area contributed by atoms with Crippen LogP contribution in [0.2, 0.25) is 0 Å². The third kappa shape index (κ3) is 5.32. The molecule has 3 rings (SSSR count). The van der Waals surface area contributed by atoms with Gasteiger partial charge in [-0.1, -0.05) is 65.1 Å². The van der Waals surface area contributed by atoms with E-state index in [1.807, 2.05) is 30.3 Å². The van der Waals surface area contributed by atoms with Gasteiger partial charge in [0.1, 0.15) is 18.2 Å². The van der Waals surface area contributed by atoms with Crippen molar-refractivity contribution in [1.29, 1.82) is 0 Å². The van der Waals surface area contributed by atoms with Crippen molar-refractivity contribution in [2.24, 2.45) is 0 Å². The van der Waals surface area contributed by atoms with Crippen LogP contribution in [0.4, 0.5) is 0 Å². The molecule has 0 aliphatic carbocycles. The van der Waals surface area contributed by atoms with Crippen molar-refractivity contribution in [3.63, 3.8) is 0 Å². The molecule has 0 radical (unpaired) electrons. The van der Waals surface area contributed by atoms with Gasteiger partial charge in [-0.3, -0.25) is 9.59 Å². The maximum atomic E-state index is 12.2. The molecule has 1 aromatic rings. The Morgan fingerprint density at radius 1 is 1.17 bits per heavy atom. The Morgan fingerprint density at radius 3 is 2.45 bits per heavy atom. The summed E-state index contributed by atoms with van der Waals surface area (Å²) in [4.78, 5) is 24.0. The van der Waals surface area contributed by atoms with E-state index < -0.39 is 52.6 Å². The molecule has 2 saturated heterocycles. The van der Waals surface area contributed by atoms with Gasteiger partial charge in [-0.25, -0.2) is 0 Å². The summed E-state index contributed by atoms with van der Waals surface area (Å²) in [6.45, 7) is 1.40. The number of amides is 1. The highest BCUT2D eigenvalue weighted by Gasteiger charge is 2.53. The Bertz CT molecular complexity index is 730. The van der Waals surface area contributed by atoms with Crippen LogP contribution in [0.25, 0.3) is 0 Å². The molecule has 1 N–H and O–H groups in total. The molecule has 11 heteroatoms. The second-order valence-corrected chi connectivity index (χ2v) is 8.81. The monoisotopic (exact) mass is 467 g/mol. The second-order valence-electron chi connectivity index (χ2n) is 6.53. The smallest absolute Gasteiger partial charge is 0.303 e. The predicted octanol–water partition coefficient (Wildman–Crippen LogP) is 2.26. The number of benzene rings is 1. The molecule has 0 bridgehead atoms. The molecule has 0 saturated carbocycles. The third-order valence-corrected chi connectivity index (χ3v) is 5.02. The zero-order valence-electron chi connectivity index (χ0n) is 15.5. The first-order valence-electron chi connectivity index (χ1n) is 8.76. The van der Waals surface area contributed by atoms with E-state index in [0.29, 0.717) is 0 Å². The zero-order chi connectivity index (χ0) is 21.2. The van der Waals surface area contributed by atoms with Gasteiger partial charge in [0.25, 0.3) is 9.70 Å². The highest BCUT2D eigenvalue weighted by molar-refractivity contribution is 6.76. The van der Waals surface area contributed by atoms with Crippen LogP contribution in [0.15, 0.2) is 30.3 Å². The number of carbonyl (C=O) groups excluding carboxylic acids is 2. The van der Waals surface area contributed by atoms with E-state index >= 15 is 0 Å². The van der Waals surface area contributed by atoms with E-state index in [1.54, 1.807) is 0 Å². The number of ether oxygens (including phenoxy) is 5. The van der Waals surface area contributed by atoms with E-state index in [4.69, 9.17) is 58.5 Å². The van der Waals surface area contributed by atoms with Crippen molar-refractivity contribution < 1.29 is 33.3 Å². The van der Waals surface area contributed by atoms with Crippen LogP contribution in [-0.4, -0.2) is 60.0 Å². The topological polar surface area (TPSA) is 92.3 Å². The van der Waals surface area contributed by atoms with Gasteiger partial charge in [-0.05, 0) is 0 Å². The summed E-state index contributed by atoms with van der Waals surface area (Å²) in [5.41, 5.74) is 0.781. The van der Waals surface area contributed by atoms with Gasteiger partial charge in [0, 0.05) is 19.6 Å². The lowest BCUT2D eigenvalue weighted by Gasteiger charge is -2.48. The Morgan fingerprint density at radius 2 is 1.86 bits per heavy atom. The largest absolute Gasteiger partial charge is 0.457 e. The van der Waals surface area contributed by atoms with Gasteiger partial charge < -0.3 is 29.0 Å². The molecule has 2 aliphatic rings. The number of alkyl halides is 3. The number of fused-ring (bicyclic) bond motifs is 1. The minimum atomic E-state index is -2.22. The lowest BCUT2D eigenvalue weighted by Crippen LogP contribution is -2.68. The number of carbonyl (C=O) groups is 2. The lowest BCUT2D eigenvalue weighted by molar-refractivity contribution is -0.341. The number of halogens is 3. The van der Waals surface area contributed by atoms with Crippen LogP contribution in [-0.2, 0) is 33.3 Å². The molecular formula is C18H20Cl3NO7. The number of hydrogen-bond acceptors (Lipinski definition) is 7. The molecule has 8 nitrogen and oxygen atoms in total. The number of hydrogen-bond donors (Lipinski definition) is 1. The summed E-state index contributed by atoms with van der Waals surface area (Å²) in [6.07, 6.45) is -4.03. The van der Waals surface area contributed by atoms with Crippen LogP contribution < -0.4 is 5.32 Å². The molecule has 0 unspecified atom stereocenters. The van der Waals surface area contributed by atoms with Crippen LogP contribution in [0.3, 0.4) is 0 Å². The quantitative estimate of drug-likeness (QED) is 0.535. The first-order chi connectivity index (χ1) is 13.7. The van der Waals surface area contributed by atoms with Crippen molar-refractivity contribution in [1.82, 2.24) is 5.32 Å². The maximum Gasteiger partial charge on any atom is 0.303 e. The standard InChI is InChI=1S/C18H20Cl3NO7/c1-9(23)27-14-12(22-17(24)18(19,20)21)16(25-2)28-11-8-26-15(29-13(11)14)10-6-4-3-5-7-10/h3-7,11-16H,8H2,1-2H3,(H,22,24)/t11-,12-,13-,14+,15-,16+/m1/s1. The van der Waals surface area contributed by atoms with Gasteiger partial charge in [-0.15, -0.1) is 0 Å². The fourth-order valence-corrected chi connectivity index (χ4v) is 3.43. The molecule has 1 aromatic carbocycles. The normalized spacial score (nSPS) is 32.2. The lowest BCUT2D eigenvalue weighted by atomic mass is 9.95. The van der Waals surface area contributed by atoms with Crippen LogP contribution in [0.1, 0.15) is 18.8 Å². The van der Waals surface area contributed by atoms with Gasteiger partial charge in [0.15, 0.2) is 18.7 Å². The molecule has 0 aromatic heterocycles. The Kier molecular flexibility index (Phi) is 7.27. The van der Waals surface area contributed by atoms with E-state index in [-0.39, 0.29) is 6.61 Å². The van der Waals surface area contributed by atoms with Crippen molar-refractivity contribution >= 4 is 46.7 Å². The average molecular weight is 469 g/mol. The fourth-order valence-electron chi connectivity index (χ4n) is 3.27. The third-order valence-electron chi connectivity index (χ3n) is 4.50. The fraction of sp³-hybridized carbons (Fsp3) is 0.556. The minimum absolute atomic E-state index is 0.160. The summed E-state index contributed by atoms with van der Waals surface area (Å²) >= 11 is 17.0. The molecule has 6 atom stereocenters. The predicted molar refractivity (Wildman–Crippen MR) is 103 cm³/mol. The van der Waals surface area contributed by atoms with Crippen molar-refractivity contribution in [2.45, 2.75) is 47.7 Å². The van der Waals surface area contributed by atoms with E-state index in [0.717, 1.165) is 5.56 Å². The molecule has 2 heterocycles. The number of nitrogens with one attached hydrogen (secondary N) is 1. The number of esters is 1. The average Bonchev–Trinajstić information content (AvgIpc) is 2.68. The molecule has 2 aliphatic heterocycles. The maximum absolute atomic E-state index is 12.2. The van der Waals surface area contributed by atoms with Crippen molar-refractivity contribution in [2.75, 3.05) is 13.7 Å². The van der Waals surface area contributed by atoms with Gasteiger partial charge in [0.05, 0.1) is 6.61 Å². The van der Waals surface area contributed by atoms with E-state index in [1.165, 1.54) is 14.0 Å².